The predicted octanol–water partition coefficient (Wildman–Crippen LogP) is 3.17. The van der Waals surface area contributed by atoms with E-state index in [0.29, 0.717) is 5.92 Å². The molecule has 1 aromatic rings. The fourth-order valence-electron chi connectivity index (χ4n) is 2.73. The van der Waals surface area contributed by atoms with E-state index in [-0.39, 0.29) is 6.61 Å². The highest BCUT2D eigenvalue weighted by atomic mass is 16.5. The van der Waals surface area contributed by atoms with Gasteiger partial charge in [-0.05, 0) is 24.0 Å². The maximum absolute atomic E-state index is 8.81. The van der Waals surface area contributed by atoms with E-state index in [4.69, 9.17) is 9.84 Å². The second kappa shape index (κ2) is 11.1. The zero-order chi connectivity index (χ0) is 17.1. The Hall–Kier alpha value is -1.52. The van der Waals surface area contributed by atoms with Crippen LogP contribution in [0, 0.1) is 0 Å². The number of hydrogen-bond acceptors (Lipinski definition) is 4. The molecule has 2 N–H and O–H groups in total. The third-order valence-corrected chi connectivity index (χ3v) is 3.99. The molecule has 0 aliphatic carbocycles. The average Bonchev–Trinajstić information content (AvgIpc) is 2.63. The molecule has 1 heterocycles. The number of aliphatic hydroxyl groups excluding tert-OH is 1. The molecule has 1 aliphatic heterocycles. The largest absolute Gasteiger partial charge is 0.496 e. The number of allylic oxidation sites excluding steroid dienone is 1. The smallest absolute Gasteiger partial charge is 0.124 e. The highest BCUT2D eigenvalue weighted by molar-refractivity contribution is 5.55. The van der Waals surface area contributed by atoms with E-state index in [1.54, 1.807) is 13.2 Å². The standard InChI is InChI=1S/C17H26N2O2.C2H6/c1-14(5-3-4-12-20)16-7-6-15(13-17(16)21-2)19-10-8-18-9-11-19;1-2/h3-4,6-7,13-14,18,20H,5,8-12H2,1-2H3;1-2H3/b4-3-;. The Morgan fingerprint density at radius 2 is 1.96 bits per heavy atom. The predicted molar refractivity (Wildman–Crippen MR) is 98.7 cm³/mol. The molecule has 1 aliphatic rings. The first-order valence-corrected chi connectivity index (χ1v) is 8.65. The molecule has 2 rings (SSSR count). The van der Waals surface area contributed by atoms with E-state index < -0.39 is 0 Å². The van der Waals surface area contributed by atoms with Crippen molar-refractivity contribution in [1.82, 2.24) is 5.32 Å². The van der Waals surface area contributed by atoms with E-state index >= 15 is 0 Å². The third kappa shape index (κ3) is 5.88. The van der Waals surface area contributed by atoms with Gasteiger partial charge in [-0.2, -0.15) is 0 Å². The molecule has 1 aromatic carbocycles. The van der Waals surface area contributed by atoms with Gasteiger partial charge in [0.25, 0.3) is 0 Å². The van der Waals surface area contributed by atoms with Crippen LogP contribution in [0.3, 0.4) is 0 Å². The topological polar surface area (TPSA) is 44.7 Å². The summed E-state index contributed by atoms with van der Waals surface area (Å²) in [5.41, 5.74) is 2.45. The molecule has 130 valence electrons. The van der Waals surface area contributed by atoms with Crippen LogP contribution in [0.2, 0.25) is 0 Å². The number of nitrogens with one attached hydrogen (secondary N) is 1. The summed E-state index contributed by atoms with van der Waals surface area (Å²) in [6.45, 7) is 10.4. The maximum atomic E-state index is 8.81. The van der Waals surface area contributed by atoms with Gasteiger partial charge in [0.15, 0.2) is 0 Å². The second-order valence-electron chi connectivity index (χ2n) is 5.45. The SMILES string of the molecule is CC.COc1cc(N2CCNCC2)ccc1C(C)C/C=C\CO. The summed E-state index contributed by atoms with van der Waals surface area (Å²) >= 11 is 0. The van der Waals surface area contributed by atoms with E-state index in [1.165, 1.54) is 11.3 Å². The van der Waals surface area contributed by atoms with Crippen LogP contribution in [0.1, 0.15) is 38.7 Å². The molecular weight excluding hydrogens is 288 g/mol. The number of methoxy groups -OCH3 is 1. The number of ether oxygens (including phenoxy) is 1. The van der Waals surface area contributed by atoms with Gasteiger partial charge in [0.05, 0.1) is 13.7 Å². The Labute approximate surface area is 141 Å². The van der Waals surface area contributed by atoms with Gasteiger partial charge in [0.1, 0.15) is 5.75 Å². The van der Waals surface area contributed by atoms with Gasteiger partial charge >= 0.3 is 0 Å². The van der Waals surface area contributed by atoms with Gasteiger partial charge in [-0.15, -0.1) is 0 Å². The Balaban J connectivity index is 0.00000127. The van der Waals surface area contributed by atoms with Gasteiger partial charge in [0.2, 0.25) is 0 Å². The molecule has 0 spiro atoms. The van der Waals surface area contributed by atoms with Crippen LogP contribution in [0.15, 0.2) is 30.4 Å². The van der Waals surface area contributed by atoms with Crippen LogP contribution in [0.5, 0.6) is 5.75 Å². The monoisotopic (exact) mass is 320 g/mol. The van der Waals surface area contributed by atoms with Crippen molar-refractivity contribution in [3.05, 3.63) is 35.9 Å². The van der Waals surface area contributed by atoms with Gasteiger partial charge < -0.3 is 20.1 Å². The fraction of sp³-hybridized carbons (Fsp3) is 0.579. The normalized spacial score (nSPS) is 16.0. The van der Waals surface area contributed by atoms with Crippen molar-refractivity contribution in [2.45, 2.75) is 33.1 Å². The number of benzene rings is 1. The maximum Gasteiger partial charge on any atom is 0.124 e. The number of rotatable bonds is 6. The van der Waals surface area contributed by atoms with Crippen molar-refractivity contribution < 1.29 is 9.84 Å². The lowest BCUT2D eigenvalue weighted by atomic mass is 9.96. The van der Waals surface area contributed by atoms with Crippen molar-refractivity contribution in [3.63, 3.8) is 0 Å². The molecule has 0 saturated carbocycles. The zero-order valence-electron chi connectivity index (χ0n) is 15.0. The summed E-state index contributed by atoms with van der Waals surface area (Å²) in [5.74, 6) is 1.33. The van der Waals surface area contributed by atoms with Crippen LogP contribution in [-0.2, 0) is 0 Å². The minimum absolute atomic E-state index is 0.103. The van der Waals surface area contributed by atoms with Gasteiger partial charge in [-0.1, -0.05) is 39.0 Å². The van der Waals surface area contributed by atoms with E-state index in [0.717, 1.165) is 38.3 Å². The van der Waals surface area contributed by atoms with Crippen molar-refractivity contribution >= 4 is 5.69 Å². The van der Waals surface area contributed by atoms with Crippen molar-refractivity contribution in [3.8, 4) is 5.75 Å². The molecule has 1 atom stereocenters. The molecule has 0 aromatic heterocycles. The Morgan fingerprint density at radius 3 is 2.57 bits per heavy atom. The first kappa shape index (κ1) is 19.5. The number of piperazine rings is 1. The molecule has 1 fully saturated rings. The van der Waals surface area contributed by atoms with Gasteiger partial charge in [-0.3, -0.25) is 0 Å². The van der Waals surface area contributed by atoms with Crippen molar-refractivity contribution in [1.29, 1.82) is 0 Å². The Bertz CT molecular complexity index is 468. The molecule has 0 amide bonds. The number of hydrogen-bond donors (Lipinski definition) is 2. The number of nitrogens with zero attached hydrogens (tertiary/aromatic N) is 1. The molecule has 0 radical (unpaired) electrons. The van der Waals surface area contributed by atoms with E-state index in [9.17, 15) is 0 Å². The lowest BCUT2D eigenvalue weighted by Gasteiger charge is -2.30. The second-order valence-corrected chi connectivity index (χ2v) is 5.45. The summed E-state index contributed by atoms with van der Waals surface area (Å²) in [6.07, 6.45) is 4.72. The van der Waals surface area contributed by atoms with Crippen LogP contribution in [-0.4, -0.2) is 45.0 Å². The first-order valence-electron chi connectivity index (χ1n) is 8.65. The van der Waals surface area contributed by atoms with Gasteiger partial charge in [-0.25, -0.2) is 0 Å². The van der Waals surface area contributed by atoms with Crippen LogP contribution in [0.4, 0.5) is 5.69 Å². The molecule has 4 nitrogen and oxygen atoms in total. The highest BCUT2D eigenvalue weighted by Crippen LogP contribution is 2.32. The Morgan fingerprint density at radius 1 is 1.26 bits per heavy atom. The van der Waals surface area contributed by atoms with E-state index in [2.05, 4.69) is 35.3 Å². The third-order valence-electron chi connectivity index (χ3n) is 3.99. The summed E-state index contributed by atoms with van der Waals surface area (Å²) in [4.78, 5) is 2.39. The molecule has 4 heteroatoms. The summed E-state index contributed by atoms with van der Waals surface area (Å²) in [5, 5.41) is 12.2. The quantitative estimate of drug-likeness (QED) is 0.790. The van der Waals surface area contributed by atoms with Crippen molar-refractivity contribution in [2.24, 2.45) is 0 Å². The lowest BCUT2D eigenvalue weighted by Crippen LogP contribution is -2.43. The summed E-state index contributed by atoms with van der Waals surface area (Å²) in [6, 6.07) is 6.51. The molecule has 1 unspecified atom stereocenters. The minimum Gasteiger partial charge on any atom is -0.496 e. The molecule has 0 bridgehead atoms. The molecular formula is C19H32N2O2. The molecule has 1 saturated heterocycles. The van der Waals surface area contributed by atoms with Crippen LogP contribution >= 0.6 is 0 Å². The van der Waals surface area contributed by atoms with Crippen LogP contribution in [0.25, 0.3) is 0 Å². The van der Waals surface area contributed by atoms with E-state index in [1.807, 2.05) is 19.9 Å². The zero-order valence-corrected chi connectivity index (χ0v) is 15.0. The Kier molecular flexibility index (Phi) is 9.41. The van der Waals surface area contributed by atoms with Crippen LogP contribution < -0.4 is 15.0 Å². The molecule has 23 heavy (non-hydrogen) atoms. The number of anilines is 1. The first-order chi connectivity index (χ1) is 11.3. The summed E-state index contributed by atoms with van der Waals surface area (Å²) in [7, 11) is 1.73. The fourth-order valence-corrected chi connectivity index (χ4v) is 2.73. The summed E-state index contributed by atoms with van der Waals surface area (Å²) < 4.78 is 5.59. The van der Waals surface area contributed by atoms with Gasteiger partial charge in [0, 0.05) is 37.9 Å². The minimum atomic E-state index is 0.103. The van der Waals surface area contributed by atoms with Crippen molar-refractivity contribution in [2.75, 3.05) is 44.8 Å². The average molecular weight is 320 g/mol. The lowest BCUT2D eigenvalue weighted by molar-refractivity contribution is 0.342. The highest BCUT2D eigenvalue weighted by Gasteiger charge is 2.15. The number of aliphatic hydroxyl groups is 1.